The lowest BCUT2D eigenvalue weighted by Gasteiger charge is -2.28. The van der Waals surface area contributed by atoms with Gasteiger partial charge in [-0.05, 0) is 80.0 Å². The van der Waals surface area contributed by atoms with Crippen molar-refractivity contribution in [3.63, 3.8) is 0 Å². The predicted octanol–water partition coefficient (Wildman–Crippen LogP) is 6.19. The van der Waals surface area contributed by atoms with Crippen LogP contribution in [-0.2, 0) is 11.2 Å². The molecule has 2 aromatic heterocycles. The Morgan fingerprint density at radius 3 is 2.56 bits per heavy atom. The lowest BCUT2D eigenvalue weighted by atomic mass is 9.96. The average molecular weight is 542 g/mol. The van der Waals surface area contributed by atoms with E-state index in [0.717, 1.165) is 40.3 Å². The van der Waals surface area contributed by atoms with E-state index >= 15 is 0 Å². The zero-order valence-electron chi connectivity index (χ0n) is 22.3. The van der Waals surface area contributed by atoms with Gasteiger partial charge in [0.1, 0.15) is 5.82 Å². The van der Waals surface area contributed by atoms with Crippen LogP contribution in [0.1, 0.15) is 53.6 Å². The summed E-state index contributed by atoms with van der Waals surface area (Å²) < 4.78 is 16.8. The van der Waals surface area contributed by atoms with Crippen molar-refractivity contribution in [2.45, 2.75) is 45.7 Å². The van der Waals surface area contributed by atoms with Crippen molar-refractivity contribution in [3.8, 4) is 5.69 Å². The van der Waals surface area contributed by atoms with E-state index in [1.165, 1.54) is 6.07 Å². The van der Waals surface area contributed by atoms with Crippen LogP contribution >= 0.6 is 12.2 Å². The van der Waals surface area contributed by atoms with Gasteiger partial charge in [-0.25, -0.2) is 4.39 Å². The molecule has 5 rings (SSSR count). The van der Waals surface area contributed by atoms with Crippen LogP contribution in [-0.4, -0.2) is 32.0 Å². The summed E-state index contributed by atoms with van der Waals surface area (Å²) in [7, 11) is 0. The molecule has 6 nitrogen and oxygen atoms in total. The van der Waals surface area contributed by atoms with Crippen LogP contribution in [0.3, 0.4) is 0 Å². The molecule has 0 saturated carbocycles. The Labute approximate surface area is 233 Å². The van der Waals surface area contributed by atoms with Crippen molar-refractivity contribution in [1.29, 1.82) is 0 Å². The van der Waals surface area contributed by atoms with E-state index in [0.29, 0.717) is 17.3 Å². The zero-order valence-corrected chi connectivity index (χ0v) is 23.1. The Morgan fingerprint density at radius 2 is 1.82 bits per heavy atom. The number of thiocarbonyl (C=S) groups is 1. The number of aromatic nitrogens is 2. The van der Waals surface area contributed by atoms with Gasteiger partial charge in [-0.3, -0.25) is 9.78 Å². The van der Waals surface area contributed by atoms with Crippen molar-refractivity contribution in [1.82, 2.24) is 19.8 Å². The number of carbonyl (C=O) groups is 1. The number of para-hydroxylation sites is 2. The molecule has 0 bridgehead atoms. The molecular weight excluding hydrogens is 509 g/mol. The third kappa shape index (κ3) is 5.29. The molecule has 4 aromatic rings. The van der Waals surface area contributed by atoms with Gasteiger partial charge in [-0.1, -0.05) is 43.3 Å². The Kier molecular flexibility index (Phi) is 7.74. The van der Waals surface area contributed by atoms with Crippen LogP contribution in [0, 0.1) is 19.7 Å². The molecule has 200 valence electrons. The lowest BCUT2D eigenvalue weighted by molar-refractivity contribution is -0.116. The number of carbonyl (C=O) groups excluding carboxylic acids is 1. The highest BCUT2D eigenvalue weighted by Crippen LogP contribution is 2.41. The molecule has 0 aliphatic carbocycles. The fourth-order valence-electron chi connectivity index (χ4n) is 5.46. The molecule has 2 aromatic carbocycles. The van der Waals surface area contributed by atoms with Crippen LogP contribution in [0.2, 0.25) is 0 Å². The van der Waals surface area contributed by atoms with Crippen molar-refractivity contribution >= 4 is 28.9 Å². The Hall–Kier alpha value is -4.04. The monoisotopic (exact) mass is 541 g/mol. The molecule has 1 aliphatic heterocycles. The highest BCUT2D eigenvalue weighted by atomic mass is 32.1. The molecule has 1 amide bonds. The Morgan fingerprint density at radius 1 is 1.08 bits per heavy atom. The summed E-state index contributed by atoms with van der Waals surface area (Å²) >= 11 is 5.80. The van der Waals surface area contributed by atoms with Crippen LogP contribution in [0.5, 0.6) is 0 Å². The summed E-state index contributed by atoms with van der Waals surface area (Å²) in [5.41, 5.74) is 6.13. The molecule has 1 saturated heterocycles. The fourth-order valence-corrected chi connectivity index (χ4v) is 5.79. The van der Waals surface area contributed by atoms with E-state index in [1.807, 2.05) is 66.9 Å². The largest absolute Gasteiger partial charge is 0.352 e. The quantitative estimate of drug-likeness (QED) is 0.261. The molecule has 3 heterocycles. The van der Waals surface area contributed by atoms with Gasteiger partial charge in [-0.15, -0.1) is 0 Å². The number of halogens is 1. The van der Waals surface area contributed by atoms with Crippen molar-refractivity contribution in [2.24, 2.45) is 0 Å². The molecular formula is C31H32FN5OS. The third-order valence-electron chi connectivity index (χ3n) is 7.33. The molecule has 0 unspecified atom stereocenters. The van der Waals surface area contributed by atoms with Crippen LogP contribution < -0.4 is 10.6 Å². The van der Waals surface area contributed by atoms with E-state index in [4.69, 9.17) is 12.2 Å². The number of pyridine rings is 1. The minimum absolute atomic E-state index is 0.0736. The Bertz CT molecular complexity index is 1500. The molecule has 0 spiro atoms. The van der Waals surface area contributed by atoms with E-state index in [1.54, 1.807) is 18.3 Å². The smallest absolute Gasteiger partial charge is 0.226 e. The van der Waals surface area contributed by atoms with E-state index in [2.05, 4.69) is 33.5 Å². The topological polar surface area (TPSA) is 62.2 Å². The average Bonchev–Trinajstić information content (AvgIpc) is 3.42. The number of anilines is 1. The van der Waals surface area contributed by atoms with Gasteiger partial charge >= 0.3 is 0 Å². The predicted molar refractivity (Wildman–Crippen MR) is 156 cm³/mol. The number of amides is 1. The molecule has 1 aliphatic rings. The maximum absolute atomic E-state index is 14.8. The number of nitrogens with zero attached hydrogens (tertiary/aromatic N) is 3. The van der Waals surface area contributed by atoms with Crippen molar-refractivity contribution < 1.29 is 9.18 Å². The molecule has 2 N–H and O–H groups in total. The number of hydrogen-bond donors (Lipinski definition) is 2. The first-order chi connectivity index (χ1) is 18.9. The number of benzene rings is 2. The summed E-state index contributed by atoms with van der Waals surface area (Å²) in [5.74, 6) is -0.358. The SMILES string of the molecule is CCc1ccccc1NC(=O)CCN1C(=S)N[C@@H](c2ccccn2)[C@H]1c1cc(C)n(-c2ccccc2F)c1C. The van der Waals surface area contributed by atoms with E-state index in [-0.39, 0.29) is 30.2 Å². The van der Waals surface area contributed by atoms with Crippen molar-refractivity contribution in [3.05, 3.63) is 113 Å². The fraction of sp³-hybridized carbons (Fsp3) is 0.258. The summed E-state index contributed by atoms with van der Waals surface area (Å²) in [4.78, 5) is 19.7. The van der Waals surface area contributed by atoms with Gasteiger partial charge in [0.2, 0.25) is 5.91 Å². The number of hydrogen-bond acceptors (Lipinski definition) is 3. The van der Waals surface area contributed by atoms with Gasteiger partial charge in [0.25, 0.3) is 0 Å². The zero-order chi connectivity index (χ0) is 27.5. The van der Waals surface area contributed by atoms with Gasteiger partial charge in [0, 0.05) is 36.2 Å². The maximum Gasteiger partial charge on any atom is 0.226 e. The minimum Gasteiger partial charge on any atom is -0.352 e. The standard InChI is InChI=1S/C31H32FN5OS/c1-4-22-11-5-7-13-25(22)34-28(38)16-18-36-30(29(35-31(36)39)26-14-9-10-17-33-26)23-19-20(2)37(21(23)3)27-15-8-6-12-24(27)32/h5-15,17,19,29-30H,4,16,18H2,1-3H3,(H,34,38)(H,35,39)/t29-,30+/m0/s1. The first kappa shape index (κ1) is 26.6. The van der Waals surface area contributed by atoms with Gasteiger partial charge in [-0.2, -0.15) is 0 Å². The second kappa shape index (κ2) is 11.4. The number of rotatable bonds is 8. The van der Waals surface area contributed by atoms with Gasteiger partial charge in [0.05, 0.1) is 23.5 Å². The maximum atomic E-state index is 14.8. The minimum atomic E-state index is -0.284. The van der Waals surface area contributed by atoms with Crippen molar-refractivity contribution in [2.75, 3.05) is 11.9 Å². The van der Waals surface area contributed by atoms with E-state index < -0.39 is 0 Å². The number of aryl methyl sites for hydroxylation is 2. The first-order valence-electron chi connectivity index (χ1n) is 13.2. The van der Waals surface area contributed by atoms with Gasteiger partial charge < -0.3 is 20.1 Å². The highest BCUT2D eigenvalue weighted by Gasteiger charge is 2.41. The second-order valence-electron chi connectivity index (χ2n) is 9.74. The summed E-state index contributed by atoms with van der Waals surface area (Å²) in [6, 6.07) is 22.1. The summed E-state index contributed by atoms with van der Waals surface area (Å²) in [6.07, 6.45) is 2.86. The second-order valence-corrected chi connectivity index (χ2v) is 10.1. The van der Waals surface area contributed by atoms with E-state index in [9.17, 15) is 9.18 Å². The number of nitrogens with one attached hydrogen (secondary N) is 2. The molecule has 0 radical (unpaired) electrons. The summed E-state index contributed by atoms with van der Waals surface area (Å²) in [5, 5.41) is 7.07. The Balaban J connectivity index is 1.47. The molecule has 39 heavy (non-hydrogen) atoms. The third-order valence-corrected chi connectivity index (χ3v) is 7.68. The summed E-state index contributed by atoms with van der Waals surface area (Å²) in [6.45, 7) is 6.46. The first-order valence-corrected chi connectivity index (χ1v) is 13.6. The highest BCUT2D eigenvalue weighted by molar-refractivity contribution is 7.80. The lowest BCUT2D eigenvalue weighted by Crippen LogP contribution is -2.33. The van der Waals surface area contributed by atoms with Gasteiger partial charge in [0.15, 0.2) is 5.11 Å². The molecule has 1 fully saturated rings. The van der Waals surface area contributed by atoms with Crippen LogP contribution in [0.15, 0.2) is 79.0 Å². The van der Waals surface area contributed by atoms with Crippen LogP contribution in [0.25, 0.3) is 5.69 Å². The van der Waals surface area contributed by atoms with Crippen LogP contribution in [0.4, 0.5) is 10.1 Å². The molecule has 2 atom stereocenters. The normalized spacial score (nSPS) is 16.8. The molecule has 8 heteroatoms.